The number of rotatable bonds is 7. The number of carbonyl (C=O) groups is 2. The lowest BCUT2D eigenvalue weighted by atomic mass is 10.0. The highest BCUT2D eigenvalue weighted by Gasteiger charge is 2.33. The molecule has 0 fully saturated rings. The number of hydrogen-bond donors (Lipinski definition) is 4. The molecule has 0 aromatic heterocycles. The van der Waals surface area contributed by atoms with Crippen molar-refractivity contribution >= 4 is 29.0 Å². The number of methoxy groups -OCH3 is 1. The summed E-state index contributed by atoms with van der Waals surface area (Å²) in [6.07, 6.45) is 0.207. The van der Waals surface area contributed by atoms with E-state index in [2.05, 4.69) is 0 Å². The Labute approximate surface area is 167 Å². The minimum absolute atomic E-state index is 0.0421. The zero-order valence-corrected chi connectivity index (χ0v) is 15.9. The normalized spacial score (nSPS) is 14.8. The number of carbonyl (C=O) groups excluding carboxylic acids is 1. The van der Waals surface area contributed by atoms with Crippen molar-refractivity contribution in [3.8, 4) is 0 Å². The summed E-state index contributed by atoms with van der Waals surface area (Å²) in [6.45, 7) is 0.285. The van der Waals surface area contributed by atoms with Gasteiger partial charge in [-0.3, -0.25) is 15.0 Å². The van der Waals surface area contributed by atoms with Crippen LogP contribution in [0, 0.1) is 5.41 Å². The van der Waals surface area contributed by atoms with Crippen LogP contribution < -0.4 is 16.4 Å². The fraction of sp³-hybridized carbons (Fsp3) is 0.190. The number of amides is 1. The topological polar surface area (TPSA) is 143 Å². The van der Waals surface area contributed by atoms with Gasteiger partial charge in [0.2, 0.25) is 0 Å². The SMILES string of the molecule is COC1=C(c2ccc(C(=N)N)cc2)C(=O)N(c2ccc(CC(N)C(=O)O)cc2)C1. The van der Waals surface area contributed by atoms with E-state index < -0.39 is 12.0 Å². The van der Waals surface area contributed by atoms with Crippen molar-refractivity contribution in [2.24, 2.45) is 11.5 Å². The van der Waals surface area contributed by atoms with Crippen molar-refractivity contribution in [2.75, 3.05) is 18.6 Å². The number of anilines is 1. The van der Waals surface area contributed by atoms with Gasteiger partial charge in [0.05, 0.1) is 19.2 Å². The van der Waals surface area contributed by atoms with Gasteiger partial charge in [0.15, 0.2) is 0 Å². The minimum atomic E-state index is -1.06. The molecule has 0 aliphatic carbocycles. The van der Waals surface area contributed by atoms with Gasteiger partial charge in [0, 0.05) is 11.3 Å². The van der Waals surface area contributed by atoms with Gasteiger partial charge in [-0.2, -0.15) is 0 Å². The van der Waals surface area contributed by atoms with Gasteiger partial charge in [-0.1, -0.05) is 36.4 Å². The van der Waals surface area contributed by atoms with E-state index in [1.54, 1.807) is 53.4 Å². The molecule has 3 rings (SSSR count). The molecule has 2 aromatic rings. The van der Waals surface area contributed by atoms with E-state index in [1.165, 1.54) is 7.11 Å². The fourth-order valence-electron chi connectivity index (χ4n) is 3.18. The van der Waals surface area contributed by atoms with Crippen LogP contribution in [0.2, 0.25) is 0 Å². The Hall–Kier alpha value is -3.65. The number of nitrogen functional groups attached to an aromatic ring is 1. The van der Waals surface area contributed by atoms with Crippen LogP contribution in [0.1, 0.15) is 16.7 Å². The summed E-state index contributed by atoms with van der Waals surface area (Å²) in [5, 5.41) is 16.4. The third kappa shape index (κ3) is 4.12. The maximum Gasteiger partial charge on any atom is 0.320 e. The van der Waals surface area contributed by atoms with Gasteiger partial charge in [-0.05, 0) is 29.7 Å². The molecule has 8 nitrogen and oxygen atoms in total. The van der Waals surface area contributed by atoms with Crippen molar-refractivity contribution in [3.63, 3.8) is 0 Å². The molecule has 150 valence electrons. The van der Waals surface area contributed by atoms with Crippen molar-refractivity contribution in [2.45, 2.75) is 12.5 Å². The molecule has 0 spiro atoms. The van der Waals surface area contributed by atoms with Crippen LogP contribution in [0.5, 0.6) is 0 Å². The number of benzene rings is 2. The third-order valence-corrected chi connectivity index (χ3v) is 4.79. The third-order valence-electron chi connectivity index (χ3n) is 4.79. The maximum absolute atomic E-state index is 13.1. The van der Waals surface area contributed by atoms with Crippen LogP contribution in [0.25, 0.3) is 5.57 Å². The molecule has 1 aliphatic rings. The average molecular weight is 394 g/mol. The molecule has 1 amide bonds. The number of carboxylic acid groups (broad SMARTS) is 1. The highest BCUT2D eigenvalue weighted by molar-refractivity contribution is 6.29. The average Bonchev–Trinajstić information content (AvgIpc) is 3.04. The van der Waals surface area contributed by atoms with Gasteiger partial charge >= 0.3 is 5.97 Å². The van der Waals surface area contributed by atoms with E-state index >= 15 is 0 Å². The molecular formula is C21H22N4O4. The standard InChI is InChI=1S/C21H22N4O4/c1-29-17-11-25(15-8-2-12(3-9-15)10-16(22)21(27)28)20(26)18(17)13-4-6-14(7-5-13)19(23)24/h2-9,16H,10-11,22H2,1H3,(H3,23,24)(H,27,28). The first-order valence-electron chi connectivity index (χ1n) is 8.93. The highest BCUT2D eigenvalue weighted by atomic mass is 16.5. The Morgan fingerprint density at radius 2 is 1.83 bits per heavy atom. The lowest BCUT2D eigenvalue weighted by molar-refractivity contribution is -0.138. The number of hydrogen-bond acceptors (Lipinski definition) is 5. The van der Waals surface area contributed by atoms with Gasteiger partial charge in [0.1, 0.15) is 17.6 Å². The molecule has 6 N–H and O–H groups in total. The first kappa shape index (κ1) is 20.1. The first-order chi connectivity index (χ1) is 13.8. The Bertz CT molecular complexity index is 981. The second-order valence-corrected chi connectivity index (χ2v) is 6.70. The maximum atomic E-state index is 13.1. The summed E-state index contributed by atoms with van der Waals surface area (Å²) >= 11 is 0. The van der Waals surface area contributed by atoms with Gasteiger partial charge in [0.25, 0.3) is 5.91 Å². The highest BCUT2D eigenvalue weighted by Crippen LogP contribution is 2.32. The summed E-state index contributed by atoms with van der Waals surface area (Å²) in [5.41, 5.74) is 14.2. The molecule has 0 saturated heterocycles. The summed E-state index contributed by atoms with van der Waals surface area (Å²) in [4.78, 5) is 25.6. The monoisotopic (exact) mass is 394 g/mol. The zero-order chi connectivity index (χ0) is 21.1. The Kier molecular flexibility index (Phi) is 5.65. The molecule has 29 heavy (non-hydrogen) atoms. The van der Waals surface area contributed by atoms with Crippen LogP contribution in [0.3, 0.4) is 0 Å². The summed E-state index contributed by atoms with van der Waals surface area (Å²) in [7, 11) is 1.52. The molecule has 2 aromatic carbocycles. The Morgan fingerprint density at radius 1 is 1.21 bits per heavy atom. The Balaban J connectivity index is 1.82. The largest absolute Gasteiger partial charge is 0.498 e. The van der Waals surface area contributed by atoms with E-state index in [4.69, 9.17) is 26.7 Å². The van der Waals surface area contributed by atoms with E-state index in [1.807, 2.05) is 0 Å². The van der Waals surface area contributed by atoms with Crippen molar-refractivity contribution in [1.82, 2.24) is 0 Å². The number of nitrogens with one attached hydrogen (secondary N) is 1. The van der Waals surface area contributed by atoms with Crippen LogP contribution in [-0.2, 0) is 20.7 Å². The van der Waals surface area contributed by atoms with Gasteiger partial charge < -0.3 is 26.2 Å². The van der Waals surface area contributed by atoms with Crippen molar-refractivity contribution in [3.05, 3.63) is 71.0 Å². The van der Waals surface area contributed by atoms with Crippen LogP contribution in [-0.4, -0.2) is 42.5 Å². The minimum Gasteiger partial charge on any atom is -0.498 e. The Morgan fingerprint density at radius 3 is 2.34 bits per heavy atom. The van der Waals surface area contributed by atoms with E-state index in [9.17, 15) is 9.59 Å². The lowest BCUT2D eigenvalue weighted by Gasteiger charge is -2.17. The number of nitrogens with two attached hydrogens (primary N) is 2. The number of ether oxygens (including phenoxy) is 1. The molecule has 1 unspecified atom stereocenters. The molecule has 0 bridgehead atoms. The molecule has 0 radical (unpaired) electrons. The molecular weight excluding hydrogens is 372 g/mol. The fourth-order valence-corrected chi connectivity index (χ4v) is 3.18. The number of nitrogens with zero attached hydrogens (tertiary/aromatic N) is 1. The molecule has 1 aliphatic heterocycles. The van der Waals surface area contributed by atoms with Crippen molar-refractivity contribution in [1.29, 1.82) is 5.41 Å². The predicted molar refractivity (Wildman–Crippen MR) is 109 cm³/mol. The molecule has 1 atom stereocenters. The molecule has 0 saturated carbocycles. The smallest absolute Gasteiger partial charge is 0.320 e. The summed E-state index contributed by atoms with van der Waals surface area (Å²) in [5.74, 6) is -0.757. The number of carboxylic acids is 1. The second-order valence-electron chi connectivity index (χ2n) is 6.70. The van der Waals surface area contributed by atoms with Gasteiger partial charge in [-0.25, -0.2) is 0 Å². The van der Waals surface area contributed by atoms with E-state index in [0.29, 0.717) is 28.1 Å². The lowest BCUT2D eigenvalue weighted by Crippen LogP contribution is -2.32. The van der Waals surface area contributed by atoms with Crippen LogP contribution in [0.4, 0.5) is 5.69 Å². The first-order valence-corrected chi connectivity index (χ1v) is 8.93. The predicted octanol–water partition coefficient (Wildman–Crippen LogP) is 1.33. The van der Waals surface area contributed by atoms with Crippen molar-refractivity contribution < 1.29 is 19.4 Å². The summed E-state index contributed by atoms with van der Waals surface area (Å²) in [6, 6.07) is 12.9. The van der Waals surface area contributed by atoms with E-state index in [0.717, 1.165) is 5.56 Å². The second kappa shape index (κ2) is 8.15. The molecule has 1 heterocycles. The number of aliphatic carboxylic acids is 1. The quantitative estimate of drug-likeness (QED) is 0.412. The van der Waals surface area contributed by atoms with Crippen LogP contribution in [0.15, 0.2) is 54.3 Å². The summed E-state index contributed by atoms with van der Waals surface area (Å²) < 4.78 is 5.45. The zero-order valence-electron chi connectivity index (χ0n) is 15.9. The van der Waals surface area contributed by atoms with Crippen LogP contribution >= 0.6 is 0 Å². The number of amidine groups is 1. The molecule has 8 heteroatoms. The van der Waals surface area contributed by atoms with E-state index in [-0.39, 0.29) is 24.7 Å². The van der Waals surface area contributed by atoms with Gasteiger partial charge in [-0.15, -0.1) is 0 Å².